The average Bonchev–Trinajstić information content (AvgIpc) is 2.76. The summed E-state index contributed by atoms with van der Waals surface area (Å²) in [5, 5.41) is 3.99. The van der Waals surface area contributed by atoms with Gasteiger partial charge in [0.2, 0.25) is 5.78 Å². The third-order valence-electron chi connectivity index (χ3n) is 2.37. The van der Waals surface area contributed by atoms with E-state index in [1.165, 1.54) is 12.3 Å². The molecule has 0 aromatic carbocycles. The fourth-order valence-corrected chi connectivity index (χ4v) is 2.34. The largest absolute Gasteiger partial charge is 0.287 e. The first-order valence-corrected chi connectivity index (χ1v) is 6.15. The van der Waals surface area contributed by atoms with Crippen molar-refractivity contribution in [3.63, 3.8) is 0 Å². The highest BCUT2D eigenvalue weighted by atomic mass is 32.1. The summed E-state index contributed by atoms with van der Waals surface area (Å²) >= 11 is 1.02. The smallest absolute Gasteiger partial charge is 0.208 e. The molecule has 94 valence electrons. The van der Waals surface area contributed by atoms with Gasteiger partial charge in [0.05, 0.1) is 11.9 Å². The Morgan fingerprint density at radius 2 is 2.06 bits per heavy atom. The number of halogens is 1. The number of carbonyl (C=O) groups excluding carboxylic acids is 1. The van der Waals surface area contributed by atoms with Crippen LogP contribution in [0.2, 0.25) is 0 Å². The highest BCUT2D eigenvalue weighted by molar-refractivity contribution is 7.08. The van der Waals surface area contributed by atoms with Crippen LogP contribution in [0.4, 0.5) is 4.39 Å². The van der Waals surface area contributed by atoms with Gasteiger partial charge in [0.25, 0.3) is 0 Å². The Labute approximate surface area is 108 Å². The molecule has 0 saturated carbocycles. The minimum atomic E-state index is -0.532. The lowest BCUT2D eigenvalue weighted by atomic mass is 9.90. The summed E-state index contributed by atoms with van der Waals surface area (Å²) in [6, 6.07) is 1.17. The van der Waals surface area contributed by atoms with Crippen LogP contribution < -0.4 is 0 Å². The van der Waals surface area contributed by atoms with Crippen LogP contribution in [0, 0.1) is 5.82 Å². The molecule has 2 aromatic rings. The summed E-state index contributed by atoms with van der Waals surface area (Å²) in [6.07, 6.45) is 2.41. The molecule has 6 heteroatoms. The lowest BCUT2D eigenvalue weighted by molar-refractivity contribution is 0.103. The molecule has 2 rings (SSSR count). The van der Waals surface area contributed by atoms with Gasteiger partial charge in [-0.2, -0.15) is 0 Å². The molecule has 0 aliphatic carbocycles. The fourth-order valence-electron chi connectivity index (χ4n) is 1.50. The Bertz CT molecular complexity index is 589. The third-order valence-corrected chi connectivity index (χ3v) is 3.10. The van der Waals surface area contributed by atoms with Gasteiger partial charge in [-0.25, -0.2) is 4.39 Å². The third kappa shape index (κ3) is 2.43. The van der Waals surface area contributed by atoms with Crippen molar-refractivity contribution in [1.82, 2.24) is 14.6 Å². The maximum absolute atomic E-state index is 13.1. The second-order valence-electron chi connectivity index (χ2n) is 4.92. The summed E-state index contributed by atoms with van der Waals surface area (Å²) in [4.78, 5) is 16.4. The van der Waals surface area contributed by atoms with E-state index in [1.54, 1.807) is 0 Å². The first-order valence-electron chi connectivity index (χ1n) is 5.37. The molecule has 0 aliphatic heterocycles. The average molecular weight is 265 g/mol. The predicted octanol–water partition coefficient (Wildman–Crippen LogP) is 2.60. The molecule has 0 spiro atoms. The van der Waals surface area contributed by atoms with E-state index < -0.39 is 5.82 Å². The standard InChI is InChI=1S/C12H12FN3OS/c1-12(2,3)11-10(18-16-15-11)9(17)7-4-8(13)6-14-5-7/h4-6H,1-3H3. The van der Waals surface area contributed by atoms with Gasteiger partial charge >= 0.3 is 0 Å². The number of carbonyl (C=O) groups is 1. The van der Waals surface area contributed by atoms with Crippen LogP contribution in [0.5, 0.6) is 0 Å². The highest BCUT2D eigenvalue weighted by Gasteiger charge is 2.27. The number of ketones is 1. The zero-order valence-corrected chi connectivity index (χ0v) is 11.1. The maximum atomic E-state index is 13.1. The maximum Gasteiger partial charge on any atom is 0.208 e. The van der Waals surface area contributed by atoms with Crippen molar-refractivity contribution in [2.24, 2.45) is 0 Å². The molecule has 0 N–H and O–H groups in total. The minimum Gasteiger partial charge on any atom is -0.287 e. The SMILES string of the molecule is CC(C)(C)c1nnsc1C(=O)c1cncc(F)c1. The number of hydrogen-bond donors (Lipinski definition) is 0. The Morgan fingerprint density at radius 1 is 1.33 bits per heavy atom. The second-order valence-corrected chi connectivity index (χ2v) is 5.68. The van der Waals surface area contributed by atoms with Gasteiger partial charge in [0, 0.05) is 17.2 Å². The molecule has 2 aromatic heterocycles. The van der Waals surface area contributed by atoms with Gasteiger partial charge in [-0.3, -0.25) is 9.78 Å². The molecule has 2 heterocycles. The summed E-state index contributed by atoms with van der Waals surface area (Å²) in [5.41, 5.74) is 0.562. The minimum absolute atomic E-state index is 0.214. The molecular formula is C12H12FN3OS. The van der Waals surface area contributed by atoms with Gasteiger partial charge in [-0.15, -0.1) is 5.10 Å². The molecule has 0 atom stereocenters. The van der Waals surface area contributed by atoms with Crippen molar-refractivity contribution < 1.29 is 9.18 Å². The molecule has 0 bridgehead atoms. The van der Waals surface area contributed by atoms with Crippen LogP contribution >= 0.6 is 11.5 Å². The van der Waals surface area contributed by atoms with Gasteiger partial charge < -0.3 is 0 Å². The molecule has 0 radical (unpaired) electrons. The van der Waals surface area contributed by atoms with E-state index in [2.05, 4.69) is 14.6 Å². The predicted molar refractivity (Wildman–Crippen MR) is 66.2 cm³/mol. The number of hydrogen-bond acceptors (Lipinski definition) is 5. The van der Waals surface area contributed by atoms with E-state index in [4.69, 9.17) is 0 Å². The molecular weight excluding hydrogens is 253 g/mol. The van der Waals surface area contributed by atoms with Crippen molar-refractivity contribution in [3.05, 3.63) is 40.4 Å². The molecule has 0 saturated heterocycles. The molecule has 0 aliphatic rings. The van der Waals surface area contributed by atoms with Crippen LogP contribution in [0.1, 0.15) is 41.7 Å². The zero-order valence-electron chi connectivity index (χ0n) is 10.3. The summed E-state index contributed by atoms with van der Waals surface area (Å²) < 4.78 is 16.9. The lowest BCUT2D eigenvalue weighted by Crippen LogP contribution is -2.16. The van der Waals surface area contributed by atoms with E-state index in [9.17, 15) is 9.18 Å². The van der Waals surface area contributed by atoms with Crippen molar-refractivity contribution in [3.8, 4) is 0 Å². The number of nitrogens with zero attached hydrogens (tertiary/aromatic N) is 3. The number of pyridine rings is 1. The van der Waals surface area contributed by atoms with E-state index in [-0.39, 0.29) is 16.8 Å². The molecule has 0 fully saturated rings. The second kappa shape index (κ2) is 4.53. The van der Waals surface area contributed by atoms with E-state index >= 15 is 0 Å². The number of aromatic nitrogens is 3. The lowest BCUT2D eigenvalue weighted by Gasteiger charge is -2.15. The van der Waals surface area contributed by atoms with Gasteiger partial charge in [-0.1, -0.05) is 25.3 Å². The van der Waals surface area contributed by atoms with Crippen LogP contribution in [-0.4, -0.2) is 20.4 Å². The summed E-state index contributed by atoms with van der Waals surface area (Å²) in [7, 11) is 0. The molecule has 0 amide bonds. The Balaban J connectivity index is 2.45. The van der Waals surface area contributed by atoms with Crippen molar-refractivity contribution in [2.75, 3.05) is 0 Å². The van der Waals surface area contributed by atoms with Crippen molar-refractivity contribution in [1.29, 1.82) is 0 Å². The summed E-state index contributed by atoms with van der Waals surface area (Å²) in [6.45, 7) is 5.85. The van der Waals surface area contributed by atoms with Crippen molar-refractivity contribution >= 4 is 17.3 Å². The van der Waals surface area contributed by atoms with Crippen LogP contribution in [0.15, 0.2) is 18.5 Å². The van der Waals surface area contributed by atoms with E-state index in [0.717, 1.165) is 17.7 Å². The van der Waals surface area contributed by atoms with Gasteiger partial charge in [-0.05, 0) is 17.6 Å². The van der Waals surface area contributed by atoms with Crippen LogP contribution in [-0.2, 0) is 5.41 Å². The molecule has 0 unspecified atom stereocenters. The van der Waals surface area contributed by atoms with Crippen LogP contribution in [0.25, 0.3) is 0 Å². The highest BCUT2D eigenvalue weighted by Crippen LogP contribution is 2.27. The molecule has 4 nitrogen and oxygen atoms in total. The Kier molecular flexibility index (Phi) is 3.21. The zero-order chi connectivity index (χ0) is 13.3. The quantitative estimate of drug-likeness (QED) is 0.783. The van der Waals surface area contributed by atoms with E-state index in [0.29, 0.717) is 10.6 Å². The Hall–Kier alpha value is -1.69. The van der Waals surface area contributed by atoms with Crippen LogP contribution in [0.3, 0.4) is 0 Å². The Morgan fingerprint density at radius 3 is 2.67 bits per heavy atom. The first kappa shape index (κ1) is 12.8. The van der Waals surface area contributed by atoms with E-state index in [1.807, 2.05) is 20.8 Å². The van der Waals surface area contributed by atoms with Gasteiger partial charge in [0.15, 0.2) is 0 Å². The monoisotopic (exact) mass is 265 g/mol. The summed E-state index contributed by atoms with van der Waals surface area (Å²) in [5.74, 6) is -0.822. The van der Waals surface area contributed by atoms with Gasteiger partial charge in [0.1, 0.15) is 10.7 Å². The van der Waals surface area contributed by atoms with Crippen molar-refractivity contribution in [2.45, 2.75) is 26.2 Å². The topological polar surface area (TPSA) is 55.7 Å². The normalized spacial score (nSPS) is 11.6. The number of rotatable bonds is 2. The molecule has 18 heavy (non-hydrogen) atoms. The fraction of sp³-hybridized carbons (Fsp3) is 0.333. The first-order chi connectivity index (χ1) is 8.39.